The number of nitrogens with zero attached hydrogens (tertiary/aromatic N) is 1. The summed E-state index contributed by atoms with van der Waals surface area (Å²) < 4.78 is 5.12. The average molecular weight is 305 g/mol. The number of carboxylic acid groups (broad SMARTS) is 1. The van der Waals surface area contributed by atoms with Gasteiger partial charge in [-0.25, -0.2) is 0 Å². The van der Waals surface area contributed by atoms with Crippen molar-refractivity contribution in [2.75, 3.05) is 20.2 Å². The smallest absolute Gasteiger partial charge is 0.308 e. The number of likely N-dealkylation sites (tertiary alicyclic amines) is 1. The van der Waals surface area contributed by atoms with E-state index in [-0.39, 0.29) is 11.8 Å². The number of rotatable bonds is 5. The second-order valence-corrected chi connectivity index (χ2v) is 5.91. The molecule has 0 radical (unpaired) electrons. The van der Waals surface area contributed by atoms with Crippen molar-refractivity contribution >= 4 is 11.9 Å². The van der Waals surface area contributed by atoms with Crippen LogP contribution in [0.2, 0.25) is 0 Å². The highest BCUT2D eigenvalue weighted by molar-refractivity contribution is 5.80. The van der Waals surface area contributed by atoms with E-state index in [1.54, 1.807) is 12.0 Å². The van der Waals surface area contributed by atoms with Crippen LogP contribution in [0.15, 0.2) is 24.3 Å². The van der Waals surface area contributed by atoms with E-state index in [1.165, 1.54) is 0 Å². The Morgan fingerprint density at radius 3 is 2.64 bits per heavy atom. The maximum absolute atomic E-state index is 12.5. The van der Waals surface area contributed by atoms with Crippen LogP contribution >= 0.6 is 0 Å². The van der Waals surface area contributed by atoms with Gasteiger partial charge in [-0.05, 0) is 37.0 Å². The molecule has 0 unspecified atom stereocenters. The van der Waals surface area contributed by atoms with Gasteiger partial charge in [0.2, 0.25) is 5.91 Å². The van der Waals surface area contributed by atoms with Gasteiger partial charge >= 0.3 is 5.97 Å². The molecular formula is C17H23NO4. The Morgan fingerprint density at radius 2 is 2.05 bits per heavy atom. The van der Waals surface area contributed by atoms with Gasteiger partial charge in [0, 0.05) is 19.0 Å². The molecule has 22 heavy (non-hydrogen) atoms. The van der Waals surface area contributed by atoms with E-state index in [9.17, 15) is 9.59 Å². The first-order chi connectivity index (χ1) is 10.5. The highest BCUT2D eigenvalue weighted by atomic mass is 16.5. The number of hydrogen-bond donors (Lipinski definition) is 1. The minimum Gasteiger partial charge on any atom is -0.497 e. The van der Waals surface area contributed by atoms with Crippen LogP contribution in [0.1, 0.15) is 25.3 Å². The predicted octanol–water partition coefficient (Wildman–Crippen LogP) is 2.20. The monoisotopic (exact) mass is 305 g/mol. The Bertz CT molecular complexity index is 526. The molecule has 5 heteroatoms. The second-order valence-electron chi connectivity index (χ2n) is 5.91. The maximum Gasteiger partial charge on any atom is 0.308 e. The number of carboxylic acids is 1. The van der Waals surface area contributed by atoms with E-state index in [0.717, 1.165) is 17.7 Å². The molecule has 0 spiro atoms. The number of amides is 1. The number of carbonyl (C=O) groups excluding carboxylic acids is 1. The molecule has 0 aliphatic carbocycles. The number of piperidine rings is 1. The van der Waals surface area contributed by atoms with Gasteiger partial charge in [0.25, 0.3) is 0 Å². The minimum atomic E-state index is -0.805. The molecule has 0 saturated carbocycles. The van der Waals surface area contributed by atoms with Crippen molar-refractivity contribution < 1.29 is 19.4 Å². The van der Waals surface area contributed by atoms with Gasteiger partial charge in [-0.1, -0.05) is 19.1 Å². The standard InChI is InChI=1S/C17H23NO4/c1-12(10-13-5-7-15(22-2)8-6-13)16(19)18-9-3-4-14(11-18)17(20)21/h5-8,12,14H,3-4,9-11H2,1-2H3,(H,20,21)/t12-,14+/m0/s1. The molecular weight excluding hydrogens is 282 g/mol. The van der Waals surface area contributed by atoms with E-state index in [2.05, 4.69) is 0 Å². The molecule has 1 aliphatic heterocycles. The molecule has 1 aromatic carbocycles. The van der Waals surface area contributed by atoms with Crippen LogP contribution in [0.4, 0.5) is 0 Å². The first-order valence-electron chi connectivity index (χ1n) is 7.65. The molecule has 2 atom stereocenters. The lowest BCUT2D eigenvalue weighted by molar-refractivity contribution is -0.146. The fourth-order valence-electron chi connectivity index (χ4n) is 2.89. The van der Waals surface area contributed by atoms with Crippen molar-refractivity contribution in [3.63, 3.8) is 0 Å². The van der Waals surface area contributed by atoms with Crippen LogP contribution in [-0.4, -0.2) is 42.1 Å². The van der Waals surface area contributed by atoms with Gasteiger partial charge in [0.05, 0.1) is 13.0 Å². The van der Waals surface area contributed by atoms with Crippen molar-refractivity contribution in [2.45, 2.75) is 26.2 Å². The third-order valence-corrected chi connectivity index (χ3v) is 4.20. The second kappa shape index (κ2) is 7.29. The van der Waals surface area contributed by atoms with Gasteiger partial charge in [-0.15, -0.1) is 0 Å². The molecule has 1 fully saturated rings. The van der Waals surface area contributed by atoms with Crippen LogP contribution in [0, 0.1) is 11.8 Å². The van der Waals surface area contributed by atoms with E-state index in [1.807, 2.05) is 31.2 Å². The summed E-state index contributed by atoms with van der Waals surface area (Å²) in [5, 5.41) is 9.11. The molecule has 1 amide bonds. The summed E-state index contributed by atoms with van der Waals surface area (Å²) in [6.45, 7) is 2.90. The van der Waals surface area contributed by atoms with Crippen LogP contribution in [0.25, 0.3) is 0 Å². The van der Waals surface area contributed by atoms with Crippen molar-refractivity contribution in [1.29, 1.82) is 0 Å². The quantitative estimate of drug-likeness (QED) is 0.905. The molecule has 1 saturated heterocycles. The van der Waals surface area contributed by atoms with Crippen LogP contribution in [0.5, 0.6) is 5.75 Å². The number of aliphatic carboxylic acids is 1. The van der Waals surface area contributed by atoms with Gasteiger partial charge in [-0.2, -0.15) is 0 Å². The summed E-state index contributed by atoms with van der Waals surface area (Å²) >= 11 is 0. The largest absolute Gasteiger partial charge is 0.497 e. The Balaban J connectivity index is 1.94. The number of ether oxygens (including phenoxy) is 1. The van der Waals surface area contributed by atoms with E-state index in [4.69, 9.17) is 9.84 Å². The maximum atomic E-state index is 12.5. The third-order valence-electron chi connectivity index (χ3n) is 4.20. The lowest BCUT2D eigenvalue weighted by atomic mass is 9.95. The van der Waals surface area contributed by atoms with E-state index in [0.29, 0.717) is 25.9 Å². The van der Waals surface area contributed by atoms with Crippen LogP contribution in [-0.2, 0) is 16.0 Å². The zero-order chi connectivity index (χ0) is 16.1. The van der Waals surface area contributed by atoms with E-state index < -0.39 is 11.9 Å². The molecule has 0 bridgehead atoms. The fraction of sp³-hybridized carbons (Fsp3) is 0.529. The zero-order valence-electron chi connectivity index (χ0n) is 13.1. The molecule has 1 aromatic rings. The molecule has 1 heterocycles. The van der Waals surface area contributed by atoms with Crippen LogP contribution in [0.3, 0.4) is 0 Å². The number of hydrogen-bond acceptors (Lipinski definition) is 3. The molecule has 0 aromatic heterocycles. The first-order valence-corrected chi connectivity index (χ1v) is 7.65. The number of benzene rings is 1. The molecule has 120 valence electrons. The Morgan fingerprint density at radius 1 is 1.36 bits per heavy atom. The lowest BCUT2D eigenvalue weighted by Gasteiger charge is -2.32. The zero-order valence-corrected chi connectivity index (χ0v) is 13.1. The Kier molecular flexibility index (Phi) is 5.41. The topological polar surface area (TPSA) is 66.8 Å². The molecule has 5 nitrogen and oxygen atoms in total. The van der Waals surface area contributed by atoms with Gasteiger partial charge in [-0.3, -0.25) is 9.59 Å². The highest BCUT2D eigenvalue weighted by Crippen LogP contribution is 2.21. The number of methoxy groups -OCH3 is 1. The summed E-state index contributed by atoms with van der Waals surface area (Å²) in [4.78, 5) is 25.3. The predicted molar refractivity (Wildman–Crippen MR) is 82.8 cm³/mol. The van der Waals surface area contributed by atoms with Gasteiger partial charge in [0.15, 0.2) is 0 Å². The summed E-state index contributed by atoms with van der Waals surface area (Å²) in [5.74, 6) is -0.544. The minimum absolute atomic E-state index is 0.0433. The van der Waals surface area contributed by atoms with E-state index >= 15 is 0 Å². The molecule has 2 rings (SSSR count). The van der Waals surface area contributed by atoms with Crippen molar-refractivity contribution in [2.24, 2.45) is 11.8 Å². The summed E-state index contributed by atoms with van der Waals surface area (Å²) in [6, 6.07) is 7.68. The first kappa shape index (κ1) is 16.3. The summed E-state index contributed by atoms with van der Waals surface area (Å²) in [7, 11) is 1.62. The number of carbonyl (C=O) groups is 2. The molecule has 1 aliphatic rings. The van der Waals surface area contributed by atoms with Crippen LogP contribution < -0.4 is 4.74 Å². The SMILES string of the molecule is COc1ccc(C[C@H](C)C(=O)N2CCC[C@@H](C(=O)O)C2)cc1. The lowest BCUT2D eigenvalue weighted by Crippen LogP contribution is -2.44. The molecule has 1 N–H and O–H groups in total. The van der Waals surface area contributed by atoms with Crippen molar-refractivity contribution in [3.05, 3.63) is 29.8 Å². The highest BCUT2D eigenvalue weighted by Gasteiger charge is 2.30. The third kappa shape index (κ3) is 4.00. The Hall–Kier alpha value is -2.04. The fourth-order valence-corrected chi connectivity index (χ4v) is 2.89. The summed E-state index contributed by atoms with van der Waals surface area (Å²) in [6.07, 6.45) is 2.07. The normalized spacial score (nSPS) is 19.5. The van der Waals surface area contributed by atoms with Crippen molar-refractivity contribution in [1.82, 2.24) is 4.90 Å². The average Bonchev–Trinajstić information content (AvgIpc) is 2.54. The summed E-state index contributed by atoms with van der Waals surface area (Å²) in [5.41, 5.74) is 1.08. The van der Waals surface area contributed by atoms with Gasteiger partial charge in [0.1, 0.15) is 5.75 Å². The Labute approximate surface area is 130 Å². The van der Waals surface area contributed by atoms with Gasteiger partial charge < -0.3 is 14.7 Å². The van der Waals surface area contributed by atoms with Crippen molar-refractivity contribution in [3.8, 4) is 5.75 Å².